The van der Waals surface area contributed by atoms with E-state index in [4.69, 9.17) is 0 Å². The van der Waals surface area contributed by atoms with Gasteiger partial charge in [-0.25, -0.2) is 8.78 Å². The zero-order chi connectivity index (χ0) is 53.6. The summed E-state index contributed by atoms with van der Waals surface area (Å²) in [5.74, 6) is -0.914. The lowest BCUT2D eigenvalue weighted by Crippen LogP contribution is -2.40. The normalized spacial score (nSPS) is 14.2. The summed E-state index contributed by atoms with van der Waals surface area (Å²) in [7, 11) is 0. The van der Waals surface area contributed by atoms with Crippen molar-refractivity contribution in [3.8, 4) is 11.1 Å². The fraction of sp³-hybridized carbons (Fsp3) is 0.0909. The van der Waals surface area contributed by atoms with E-state index < -0.39 is 45.9 Å². The Kier molecular flexibility index (Phi) is 10.5. The number of nitrogens with zero attached hydrogens (tertiary/aromatic N) is 2. The smallest absolute Gasteiger partial charge is 0.309 e. The summed E-state index contributed by atoms with van der Waals surface area (Å²) in [5, 5.41) is 2.22. The van der Waals surface area contributed by atoms with E-state index in [1.165, 1.54) is 36.4 Å². The largest absolute Gasteiger partial charge is 0.417 e. The first-order valence-corrected chi connectivity index (χ1v) is 26.8. The summed E-state index contributed by atoms with van der Waals surface area (Å²) >= 11 is 2.13. The van der Waals surface area contributed by atoms with Crippen LogP contribution in [0.25, 0.3) is 51.5 Å². The summed E-state index contributed by atoms with van der Waals surface area (Å²) < 4.78 is 119. The molecule has 0 fully saturated rings. The Bertz CT molecular complexity index is 4150. The molecule has 10 aromatic carbocycles. The number of rotatable bonds is 6. The molecule has 382 valence electrons. The summed E-state index contributed by atoms with van der Waals surface area (Å²) in [6.45, 7) is 4.47. The van der Waals surface area contributed by atoms with Gasteiger partial charge in [-0.2, -0.15) is 26.3 Å². The summed E-state index contributed by atoms with van der Waals surface area (Å²) in [6, 6.07) is 61.1. The second-order valence-electron chi connectivity index (χ2n) is 20.4. The van der Waals surface area contributed by atoms with Crippen molar-refractivity contribution in [3.05, 3.63) is 262 Å². The maximum absolute atomic E-state index is 14.9. The van der Waals surface area contributed by atoms with E-state index in [2.05, 4.69) is 86.6 Å². The molecule has 0 radical (unpaired) electrons. The Morgan fingerprint density at radius 2 is 0.692 bits per heavy atom. The van der Waals surface area contributed by atoms with Gasteiger partial charge in [0.15, 0.2) is 0 Å². The SMILES string of the molecule is CC1(C)c2ccccc2C2(c3ccc(N(c4ccc(F)cc4)c4cccc5c4sc4c(C(F)(F)F)cccc45)cc3-c3cc(N(c4ccc(F)cc4)c4cccc5c4sc4c(C(F)(F)F)cccc45)ccc32)c2ccccc21. The molecule has 0 saturated carbocycles. The summed E-state index contributed by atoms with van der Waals surface area (Å²) in [4.78, 5) is 3.93. The Hall–Kier alpha value is -8.32. The lowest BCUT2D eigenvalue weighted by molar-refractivity contribution is -0.137. The van der Waals surface area contributed by atoms with Crippen LogP contribution in [0.5, 0.6) is 0 Å². The van der Waals surface area contributed by atoms with Crippen molar-refractivity contribution in [2.24, 2.45) is 0 Å². The van der Waals surface area contributed by atoms with Gasteiger partial charge in [0.25, 0.3) is 0 Å². The van der Waals surface area contributed by atoms with Crippen LogP contribution >= 0.6 is 22.7 Å². The molecule has 2 aromatic heterocycles. The Morgan fingerprint density at radius 1 is 0.346 bits per heavy atom. The molecule has 12 heteroatoms. The van der Waals surface area contributed by atoms with Crippen molar-refractivity contribution in [2.75, 3.05) is 9.80 Å². The highest BCUT2D eigenvalue weighted by atomic mass is 32.1. The van der Waals surface area contributed by atoms with E-state index in [-0.39, 0.29) is 9.40 Å². The number of benzene rings is 10. The quantitative estimate of drug-likeness (QED) is 0.153. The molecule has 0 unspecified atom stereocenters. The van der Waals surface area contributed by atoms with Crippen LogP contribution in [0.3, 0.4) is 0 Å². The standard InChI is InChI=1S/C66H40F8N2S2/c1-63(2)51-15-3-5-17-53(51)64(54-18-6-4-16-52(54)63)49-33-31-41(75(39-27-23-37(67)24-28-39)57-21-9-13-45-43-11-7-19-55(65(69,70)71)59(43)77-61(45)57)35-47(49)48-36-42(32-34-50(48)64)76(40-29-25-38(68)26-30-40)58-22-10-14-46-44-12-8-20-56(66(72,73)74)60(44)78-62(46)58/h3-36H,1-2H3. The van der Waals surface area contributed by atoms with Gasteiger partial charge in [0.05, 0.1) is 37.3 Å². The number of hydrogen-bond acceptors (Lipinski definition) is 4. The molecule has 0 aliphatic heterocycles. The van der Waals surface area contributed by atoms with Crippen molar-refractivity contribution in [2.45, 2.75) is 37.0 Å². The first-order chi connectivity index (χ1) is 37.5. The maximum atomic E-state index is 14.9. The van der Waals surface area contributed by atoms with Crippen LogP contribution in [0.15, 0.2) is 206 Å². The van der Waals surface area contributed by atoms with Gasteiger partial charge < -0.3 is 9.80 Å². The van der Waals surface area contributed by atoms with Gasteiger partial charge in [-0.3, -0.25) is 0 Å². The fourth-order valence-electron chi connectivity index (χ4n) is 12.6. The zero-order valence-corrected chi connectivity index (χ0v) is 43.0. The molecule has 2 nitrogen and oxygen atoms in total. The van der Waals surface area contributed by atoms with E-state index in [1.54, 1.807) is 36.4 Å². The van der Waals surface area contributed by atoms with E-state index in [0.717, 1.165) is 79.3 Å². The Balaban J connectivity index is 1.06. The minimum atomic E-state index is -4.60. The fourth-order valence-corrected chi connectivity index (χ4v) is 15.3. The van der Waals surface area contributed by atoms with Crippen molar-refractivity contribution in [1.82, 2.24) is 0 Å². The molecule has 78 heavy (non-hydrogen) atoms. The molecule has 0 saturated heterocycles. The number of thiophene rings is 2. The molecule has 0 atom stereocenters. The van der Waals surface area contributed by atoms with Gasteiger partial charge in [0, 0.05) is 59.1 Å². The molecular formula is C66H40F8N2S2. The minimum Gasteiger partial charge on any atom is -0.309 e. The van der Waals surface area contributed by atoms with Gasteiger partial charge >= 0.3 is 12.4 Å². The van der Waals surface area contributed by atoms with E-state index in [9.17, 15) is 35.1 Å². The van der Waals surface area contributed by atoms with Gasteiger partial charge in [0.2, 0.25) is 0 Å². The van der Waals surface area contributed by atoms with Crippen molar-refractivity contribution in [3.63, 3.8) is 0 Å². The molecule has 1 spiro atoms. The van der Waals surface area contributed by atoms with E-state index >= 15 is 0 Å². The number of alkyl halides is 6. The van der Waals surface area contributed by atoms with Crippen LogP contribution in [-0.2, 0) is 23.2 Å². The lowest BCUT2D eigenvalue weighted by atomic mass is 9.55. The highest BCUT2D eigenvalue weighted by Crippen LogP contribution is 2.64. The average Bonchev–Trinajstić information content (AvgIpc) is 4.00. The van der Waals surface area contributed by atoms with Crippen LogP contribution in [0, 0.1) is 11.6 Å². The molecule has 14 rings (SSSR count). The van der Waals surface area contributed by atoms with Gasteiger partial charge in [0.1, 0.15) is 11.6 Å². The maximum Gasteiger partial charge on any atom is 0.417 e. The molecule has 0 bridgehead atoms. The van der Waals surface area contributed by atoms with E-state index in [1.807, 2.05) is 58.3 Å². The third-order valence-electron chi connectivity index (χ3n) is 15.9. The van der Waals surface area contributed by atoms with Crippen molar-refractivity contribution >= 4 is 97.1 Å². The number of halogens is 8. The van der Waals surface area contributed by atoms with Crippen LogP contribution in [0.1, 0.15) is 58.4 Å². The molecule has 0 amide bonds. The Labute approximate surface area is 450 Å². The van der Waals surface area contributed by atoms with Crippen LogP contribution < -0.4 is 9.80 Å². The molecular weight excluding hydrogens is 1040 g/mol. The second-order valence-corrected chi connectivity index (χ2v) is 22.5. The Morgan fingerprint density at radius 3 is 1.08 bits per heavy atom. The van der Waals surface area contributed by atoms with Crippen LogP contribution in [-0.4, -0.2) is 0 Å². The molecule has 12 aromatic rings. The number of fused-ring (bicyclic) bond motifs is 15. The lowest BCUT2D eigenvalue weighted by Gasteiger charge is -2.46. The highest BCUT2D eigenvalue weighted by molar-refractivity contribution is 7.27. The second kappa shape index (κ2) is 17.1. The average molecular weight is 1080 g/mol. The monoisotopic (exact) mass is 1080 g/mol. The number of hydrogen-bond donors (Lipinski definition) is 0. The molecule has 2 heterocycles. The first-order valence-electron chi connectivity index (χ1n) is 25.2. The topological polar surface area (TPSA) is 6.48 Å². The predicted molar refractivity (Wildman–Crippen MR) is 301 cm³/mol. The first kappa shape index (κ1) is 48.1. The van der Waals surface area contributed by atoms with Gasteiger partial charge in [-0.1, -0.05) is 123 Å². The third-order valence-corrected chi connectivity index (χ3v) is 18.5. The predicted octanol–water partition coefficient (Wildman–Crippen LogP) is 20.7. The minimum absolute atomic E-state index is 0.110. The van der Waals surface area contributed by atoms with Gasteiger partial charge in [-0.05, 0) is 142 Å². The molecule has 2 aliphatic carbocycles. The summed E-state index contributed by atoms with van der Waals surface area (Å²) in [5.41, 5.74) is 8.98. The van der Waals surface area contributed by atoms with Crippen molar-refractivity contribution in [1.29, 1.82) is 0 Å². The number of anilines is 6. The van der Waals surface area contributed by atoms with Crippen LogP contribution in [0.4, 0.5) is 69.2 Å². The molecule has 2 aliphatic rings. The van der Waals surface area contributed by atoms with Crippen molar-refractivity contribution < 1.29 is 35.1 Å². The van der Waals surface area contributed by atoms with Crippen LogP contribution in [0.2, 0.25) is 0 Å². The van der Waals surface area contributed by atoms with Gasteiger partial charge in [-0.15, -0.1) is 22.7 Å². The third kappa shape index (κ3) is 6.98. The molecule has 0 N–H and O–H groups in total. The highest BCUT2D eigenvalue weighted by Gasteiger charge is 2.53. The zero-order valence-electron chi connectivity index (χ0n) is 41.4. The van der Waals surface area contributed by atoms with E-state index in [0.29, 0.717) is 65.1 Å². The summed E-state index contributed by atoms with van der Waals surface area (Å²) in [6.07, 6.45) is -9.20.